The van der Waals surface area contributed by atoms with E-state index in [9.17, 15) is 9.00 Å². The van der Waals surface area contributed by atoms with Crippen LogP contribution in [0.4, 0.5) is 16.3 Å². The predicted molar refractivity (Wildman–Crippen MR) is 119 cm³/mol. The molecule has 0 aliphatic heterocycles. The standard InChI is InChI=1S/C22H26N4O3S/c1-15(2)30(28,26-21(27)29-22(3,4)5)19-8-6-18(7-9-19)25-20-12-17-13-23-11-10-16(17)14-24-20/h6-15H,1-5H3,(H,24,25). The minimum absolute atomic E-state index is 0.363. The summed E-state index contributed by atoms with van der Waals surface area (Å²) in [5.74, 6) is 0.672. The molecule has 30 heavy (non-hydrogen) atoms. The molecule has 1 amide bonds. The maximum absolute atomic E-state index is 13.5. The first-order valence-electron chi connectivity index (χ1n) is 9.63. The van der Waals surface area contributed by atoms with E-state index in [2.05, 4.69) is 19.6 Å². The summed E-state index contributed by atoms with van der Waals surface area (Å²) in [7, 11) is -2.98. The first-order valence-corrected chi connectivity index (χ1v) is 11.2. The van der Waals surface area contributed by atoms with Gasteiger partial charge in [0.15, 0.2) is 0 Å². The van der Waals surface area contributed by atoms with E-state index in [0.29, 0.717) is 10.7 Å². The molecule has 0 spiro atoms. The van der Waals surface area contributed by atoms with Gasteiger partial charge in [0.25, 0.3) is 0 Å². The van der Waals surface area contributed by atoms with Crippen molar-refractivity contribution in [2.75, 3.05) is 5.32 Å². The molecule has 0 saturated heterocycles. The Morgan fingerprint density at radius 3 is 2.43 bits per heavy atom. The Hall–Kier alpha value is -3.00. The molecule has 2 aromatic heterocycles. The molecule has 3 rings (SSSR count). The zero-order valence-corrected chi connectivity index (χ0v) is 18.6. The number of nitrogens with zero attached hydrogens (tertiary/aromatic N) is 3. The number of rotatable bonds is 4. The molecule has 8 heteroatoms. The van der Waals surface area contributed by atoms with Crippen LogP contribution in [-0.2, 0) is 14.5 Å². The number of hydrogen-bond donors (Lipinski definition) is 1. The van der Waals surface area contributed by atoms with Gasteiger partial charge in [-0.05, 0) is 71.0 Å². The number of carbonyl (C=O) groups excluding carboxylic acids is 1. The summed E-state index contributed by atoms with van der Waals surface area (Å²) in [5.41, 5.74) is 0.0749. The summed E-state index contributed by atoms with van der Waals surface area (Å²) in [5, 5.41) is 4.84. The lowest BCUT2D eigenvalue weighted by Crippen LogP contribution is -2.24. The van der Waals surface area contributed by atoms with Crippen LogP contribution in [-0.4, -0.2) is 31.1 Å². The quantitative estimate of drug-likeness (QED) is 0.588. The number of hydrogen-bond acceptors (Lipinski definition) is 6. The van der Waals surface area contributed by atoms with Crippen LogP contribution in [0.1, 0.15) is 34.6 Å². The van der Waals surface area contributed by atoms with Crippen LogP contribution in [0.25, 0.3) is 10.8 Å². The third-order valence-corrected chi connectivity index (χ3v) is 6.87. The Balaban J connectivity index is 1.86. The fourth-order valence-electron chi connectivity index (χ4n) is 2.75. The predicted octanol–water partition coefficient (Wildman–Crippen LogP) is 5.54. The molecule has 1 atom stereocenters. The largest absolute Gasteiger partial charge is 0.442 e. The average molecular weight is 427 g/mol. The van der Waals surface area contributed by atoms with Crippen molar-refractivity contribution in [3.8, 4) is 0 Å². The molecule has 1 N–H and O–H groups in total. The van der Waals surface area contributed by atoms with E-state index in [1.165, 1.54) is 0 Å². The van der Waals surface area contributed by atoms with Crippen molar-refractivity contribution in [3.63, 3.8) is 0 Å². The van der Waals surface area contributed by atoms with E-state index in [4.69, 9.17) is 4.74 Å². The molecule has 0 bridgehead atoms. The number of ether oxygens (including phenoxy) is 1. The Morgan fingerprint density at radius 1 is 1.10 bits per heavy atom. The summed E-state index contributed by atoms with van der Waals surface area (Å²) in [6.45, 7) is 8.78. The second-order valence-electron chi connectivity index (χ2n) is 8.13. The molecule has 7 nitrogen and oxygen atoms in total. The number of aromatic nitrogens is 2. The van der Waals surface area contributed by atoms with E-state index in [-0.39, 0.29) is 5.25 Å². The number of benzene rings is 1. The van der Waals surface area contributed by atoms with E-state index < -0.39 is 21.4 Å². The van der Waals surface area contributed by atoms with Gasteiger partial charge in [-0.25, -0.2) is 14.0 Å². The molecule has 158 valence electrons. The molecular formula is C22H26N4O3S. The van der Waals surface area contributed by atoms with Crippen molar-refractivity contribution < 1.29 is 13.7 Å². The van der Waals surface area contributed by atoms with Gasteiger partial charge in [-0.15, -0.1) is 4.36 Å². The highest BCUT2D eigenvalue weighted by Gasteiger charge is 2.23. The normalized spacial score (nSPS) is 13.7. The van der Waals surface area contributed by atoms with Crippen LogP contribution in [0, 0.1) is 0 Å². The average Bonchev–Trinajstić information content (AvgIpc) is 2.66. The molecule has 0 fully saturated rings. The maximum atomic E-state index is 13.5. The monoisotopic (exact) mass is 426 g/mol. The van der Waals surface area contributed by atoms with Gasteiger partial charge in [0.05, 0.1) is 9.73 Å². The van der Waals surface area contributed by atoms with Crippen molar-refractivity contribution in [1.29, 1.82) is 0 Å². The van der Waals surface area contributed by atoms with Crippen molar-refractivity contribution in [2.24, 2.45) is 4.36 Å². The Labute approximate surface area is 177 Å². The summed E-state index contributed by atoms with van der Waals surface area (Å²) in [6.07, 6.45) is 4.46. The Kier molecular flexibility index (Phi) is 6.07. The smallest absolute Gasteiger partial charge is 0.442 e. The number of fused-ring (bicyclic) bond motifs is 1. The third-order valence-electron chi connectivity index (χ3n) is 4.23. The van der Waals surface area contributed by atoms with Crippen LogP contribution in [0.15, 0.2) is 64.2 Å². The summed E-state index contributed by atoms with van der Waals surface area (Å²) < 4.78 is 22.7. The minimum Gasteiger partial charge on any atom is -0.442 e. The highest BCUT2D eigenvalue weighted by atomic mass is 32.2. The zero-order chi connectivity index (χ0) is 21.9. The lowest BCUT2D eigenvalue weighted by atomic mass is 10.2. The highest BCUT2D eigenvalue weighted by molar-refractivity contribution is 7.94. The highest BCUT2D eigenvalue weighted by Crippen LogP contribution is 2.24. The third kappa shape index (κ3) is 5.13. The van der Waals surface area contributed by atoms with Gasteiger partial charge in [-0.2, -0.15) is 0 Å². The molecule has 1 aromatic carbocycles. The van der Waals surface area contributed by atoms with E-state index in [0.717, 1.165) is 16.5 Å². The molecule has 0 radical (unpaired) electrons. The molecule has 0 aliphatic carbocycles. The fourth-order valence-corrected chi connectivity index (χ4v) is 4.40. The lowest BCUT2D eigenvalue weighted by Gasteiger charge is -2.19. The molecule has 2 heterocycles. The van der Waals surface area contributed by atoms with Gasteiger partial charge in [0, 0.05) is 45.2 Å². The van der Waals surface area contributed by atoms with E-state index in [1.54, 1.807) is 77.5 Å². The second kappa shape index (κ2) is 8.39. The number of carbonyl (C=O) groups is 1. The van der Waals surface area contributed by atoms with Crippen LogP contribution in [0.2, 0.25) is 0 Å². The van der Waals surface area contributed by atoms with Gasteiger partial charge in [-0.3, -0.25) is 4.98 Å². The first kappa shape index (κ1) is 21.7. The topological polar surface area (TPSA) is 93.5 Å². The SMILES string of the molecule is CC(C)S(=O)(=NC(=O)OC(C)(C)C)c1ccc(Nc2cc3cnccc3cn2)cc1. The van der Waals surface area contributed by atoms with E-state index in [1.807, 2.05) is 12.1 Å². The minimum atomic E-state index is -2.98. The van der Waals surface area contributed by atoms with Gasteiger partial charge < -0.3 is 10.1 Å². The van der Waals surface area contributed by atoms with Crippen LogP contribution in [0.5, 0.6) is 0 Å². The van der Waals surface area contributed by atoms with Crippen LogP contribution < -0.4 is 5.32 Å². The molecule has 0 saturated carbocycles. The van der Waals surface area contributed by atoms with Crippen LogP contribution in [0.3, 0.4) is 0 Å². The van der Waals surface area contributed by atoms with Gasteiger partial charge >= 0.3 is 6.09 Å². The van der Waals surface area contributed by atoms with Crippen LogP contribution >= 0.6 is 0 Å². The Morgan fingerprint density at radius 2 is 1.80 bits per heavy atom. The molecular weight excluding hydrogens is 400 g/mol. The fraction of sp³-hybridized carbons (Fsp3) is 0.318. The number of pyridine rings is 2. The second-order valence-corrected chi connectivity index (χ2v) is 10.9. The summed E-state index contributed by atoms with van der Waals surface area (Å²) >= 11 is 0. The van der Waals surface area contributed by atoms with Crippen molar-refractivity contribution in [1.82, 2.24) is 9.97 Å². The molecule has 3 aromatic rings. The van der Waals surface area contributed by atoms with Gasteiger partial charge in [0.2, 0.25) is 0 Å². The van der Waals surface area contributed by atoms with E-state index >= 15 is 0 Å². The van der Waals surface area contributed by atoms with Crippen molar-refractivity contribution in [2.45, 2.75) is 50.4 Å². The first-order chi connectivity index (χ1) is 14.1. The van der Waals surface area contributed by atoms with Gasteiger partial charge in [0.1, 0.15) is 11.4 Å². The molecule has 0 aliphatic rings. The maximum Gasteiger partial charge on any atom is 0.442 e. The number of amides is 1. The Bertz CT molecular complexity index is 1170. The van der Waals surface area contributed by atoms with Gasteiger partial charge in [-0.1, -0.05) is 0 Å². The summed E-state index contributed by atoms with van der Waals surface area (Å²) in [6, 6.07) is 10.8. The van der Waals surface area contributed by atoms with Crippen molar-refractivity contribution >= 4 is 38.1 Å². The zero-order valence-electron chi connectivity index (χ0n) is 17.7. The van der Waals surface area contributed by atoms with Crippen molar-refractivity contribution in [3.05, 3.63) is 55.0 Å². The lowest BCUT2D eigenvalue weighted by molar-refractivity contribution is 0.0607. The molecule has 1 unspecified atom stereocenters. The number of nitrogens with one attached hydrogen (secondary N) is 1. The number of anilines is 2. The summed E-state index contributed by atoms with van der Waals surface area (Å²) in [4.78, 5) is 21.2.